The third kappa shape index (κ3) is 2.39. The summed E-state index contributed by atoms with van der Waals surface area (Å²) in [6.07, 6.45) is 10.8. The van der Waals surface area contributed by atoms with Gasteiger partial charge in [-0.3, -0.25) is 9.59 Å². The van der Waals surface area contributed by atoms with Gasteiger partial charge >= 0.3 is 5.97 Å². The van der Waals surface area contributed by atoms with Crippen LogP contribution >= 0.6 is 0 Å². The number of allylic oxidation sites excluding steroid dienone is 4. The van der Waals surface area contributed by atoms with Crippen molar-refractivity contribution in [3.05, 3.63) is 22.8 Å². The fourth-order valence-electron chi connectivity index (χ4n) is 5.92. The summed E-state index contributed by atoms with van der Waals surface area (Å²) in [5.41, 5.74) is 4.63. The molecule has 0 unspecified atom stereocenters. The molecule has 4 aliphatic rings. The van der Waals surface area contributed by atoms with Gasteiger partial charge in [0.05, 0.1) is 0 Å². The zero-order valence-electron chi connectivity index (χ0n) is 14.9. The molecule has 24 heavy (non-hydrogen) atoms. The van der Waals surface area contributed by atoms with Gasteiger partial charge in [0.15, 0.2) is 5.78 Å². The number of fused-ring (bicyclic) bond motifs is 4. The van der Waals surface area contributed by atoms with E-state index in [1.54, 1.807) is 5.57 Å². The molecule has 4 rings (SSSR count). The first kappa shape index (κ1) is 16.1. The highest BCUT2D eigenvalue weighted by Crippen LogP contribution is 2.60. The van der Waals surface area contributed by atoms with Crippen LogP contribution in [0.3, 0.4) is 0 Å². The van der Waals surface area contributed by atoms with Gasteiger partial charge in [0.2, 0.25) is 0 Å². The molecule has 4 aliphatic carbocycles. The molecule has 0 amide bonds. The molecule has 0 radical (unpaired) electrons. The van der Waals surface area contributed by atoms with Crippen LogP contribution in [0.5, 0.6) is 0 Å². The summed E-state index contributed by atoms with van der Waals surface area (Å²) >= 11 is 0. The molecule has 3 heteroatoms. The quantitative estimate of drug-likeness (QED) is 0.700. The van der Waals surface area contributed by atoms with E-state index in [1.165, 1.54) is 24.0 Å². The SMILES string of the molecule is CCC(=O)O[C@H]1CC[C@H]2[C@@H]3CCC4=CC(=O)CCC4=C3CC[C@]12C. The third-order valence-corrected chi connectivity index (χ3v) is 7.21. The lowest BCUT2D eigenvalue weighted by atomic mass is 9.57. The number of ketones is 1. The number of hydrogen-bond donors (Lipinski definition) is 0. The first-order valence-electron chi connectivity index (χ1n) is 9.68. The van der Waals surface area contributed by atoms with Crippen LogP contribution < -0.4 is 0 Å². The average Bonchev–Trinajstić information content (AvgIpc) is 2.90. The maximum absolute atomic E-state index is 11.8. The van der Waals surface area contributed by atoms with E-state index in [4.69, 9.17) is 4.74 Å². The molecule has 0 aromatic carbocycles. The fourth-order valence-corrected chi connectivity index (χ4v) is 5.92. The Morgan fingerprint density at radius 2 is 2.04 bits per heavy atom. The van der Waals surface area contributed by atoms with Crippen LogP contribution in [0.25, 0.3) is 0 Å². The second-order valence-corrected chi connectivity index (χ2v) is 8.31. The van der Waals surface area contributed by atoms with Gasteiger partial charge in [0, 0.05) is 18.3 Å². The number of rotatable bonds is 2. The predicted octanol–water partition coefficient (Wildman–Crippen LogP) is 4.51. The summed E-state index contributed by atoms with van der Waals surface area (Å²) in [4.78, 5) is 23.6. The minimum absolute atomic E-state index is 0.0503. The minimum Gasteiger partial charge on any atom is -0.462 e. The molecule has 0 N–H and O–H groups in total. The van der Waals surface area contributed by atoms with Gasteiger partial charge in [-0.1, -0.05) is 19.4 Å². The van der Waals surface area contributed by atoms with Crippen LogP contribution in [-0.2, 0) is 14.3 Å². The Kier molecular flexibility index (Phi) is 3.93. The van der Waals surface area contributed by atoms with E-state index in [2.05, 4.69) is 6.92 Å². The molecule has 0 aliphatic heterocycles. The highest BCUT2D eigenvalue weighted by Gasteiger charge is 2.55. The summed E-state index contributed by atoms with van der Waals surface area (Å²) in [7, 11) is 0. The van der Waals surface area contributed by atoms with Gasteiger partial charge < -0.3 is 4.74 Å². The number of hydrogen-bond acceptors (Lipinski definition) is 3. The molecular formula is C21H28O3. The fraction of sp³-hybridized carbons (Fsp3) is 0.714. The summed E-state index contributed by atoms with van der Waals surface area (Å²) in [6, 6.07) is 0. The standard InChI is InChI=1S/C21H28O3/c1-3-20(23)24-19-9-8-18-17-6-4-13-12-14(22)5-7-15(13)16(17)10-11-21(18,19)2/h12,17-19H,3-11H2,1-2H3/t17-,18+,19+,21+/m1/s1. The van der Waals surface area contributed by atoms with Crippen molar-refractivity contribution in [1.82, 2.24) is 0 Å². The highest BCUT2D eigenvalue weighted by atomic mass is 16.5. The van der Waals surface area contributed by atoms with Crippen molar-refractivity contribution in [3.8, 4) is 0 Å². The molecule has 0 aromatic heterocycles. The summed E-state index contributed by atoms with van der Waals surface area (Å²) in [5, 5.41) is 0. The van der Waals surface area contributed by atoms with Crippen LogP contribution in [0.1, 0.15) is 71.6 Å². The van der Waals surface area contributed by atoms with Crippen molar-refractivity contribution >= 4 is 11.8 Å². The Labute approximate surface area is 144 Å². The van der Waals surface area contributed by atoms with Crippen molar-refractivity contribution in [1.29, 1.82) is 0 Å². The number of esters is 1. The van der Waals surface area contributed by atoms with E-state index in [-0.39, 0.29) is 17.5 Å². The molecule has 2 saturated carbocycles. The largest absolute Gasteiger partial charge is 0.462 e. The number of ether oxygens (including phenoxy) is 1. The summed E-state index contributed by atoms with van der Waals surface area (Å²) in [6.45, 7) is 4.23. The van der Waals surface area contributed by atoms with Crippen LogP contribution in [0.15, 0.2) is 22.8 Å². The normalized spacial score (nSPS) is 38.2. The Morgan fingerprint density at radius 1 is 1.21 bits per heavy atom. The Bertz CT molecular complexity index is 641. The second kappa shape index (κ2) is 5.86. The van der Waals surface area contributed by atoms with E-state index in [0.29, 0.717) is 30.5 Å². The number of carbonyl (C=O) groups excluding carboxylic acids is 2. The van der Waals surface area contributed by atoms with Crippen LogP contribution in [0.2, 0.25) is 0 Å². The van der Waals surface area contributed by atoms with Gasteiger partial charge in [-0.15, -0.1) is 0 Å². The van der Waals surface area contributed by atoms with E-state index in [1.807, 2.05) is 13.0 Å². The van der Waals surface area contributed by atoms with Crippen LogP contribution in [-0.4, -0.2) is 17.9 Å². The zero-order chi connectivity index (χ0) is 16.9. The molecule has 0 spiro atoms. The predicted molar refractivity (Wildman–Crippen MR) is 92.3 cm³/mol. The van der Waals surface area contributed by atoms with Crippen molar-refractivity contribution in [2.24, 2.45) is 17.3 Å². The van der Waals surface area contributed by atoms with Crippen molar-refractivity contribution in [2.75, 3.05) is 0 Å². The van der Waals surface area contributed by atoms with E-state index in [9.17, 15) is 9.59 Å². The van der Waals surface area contributed by atoms with Crippen LogP contribution in [0.4, 0.5) is 0 Å². The molecule has 0 aromatic rings. The zero-order valence-corrected chi connectivity index (χ0v) is 14.9. The van der Waals surface area contributed by atoms with Gasteiger partial charge in [-0.2, -0.15) is 0 Å². The lowest BCUT2D eigenvalue weighted by Crippen LogP contribution is -2.43. The Morgan fingerprint density at radius 3 is 2.83 bits per heavy atom. The van der Waals surface area contributed by atoms with Gasteiger partial charge in [0.1, 0.15) is 6.10 Å². The summed E-state index contributed by atoms with van der Waals surface area (Å²) in [5.74, 6) is 1.54. The Hall–Kier alpha value is -1.38. The topological polar surface area (TPSA) is 43.4 Å². The highest BCUT2D eigenvalue weighted by molar-refractivity contribution is 5.93. The van der Waals surface area contributed by atoms with E-state index >= 15 is 0 Å². The maximum atomic E-state index is 11.8. The van der Waals surface area contributed by atoms with Gasteiger partial charge in [-0.25, -0.2) is 0 Å². The third-order valence-electron chi connectivity index (χ3n) is 7.21. The average molecular weight is 328 g/mol. The number of carbonyl (C=O) groups is 2. The van der Waals surface area contributed by atoms with E-state index < -0.39 is 0 Å². The molecule has 130 valence electrons. The lowest BCUT2D eigenvalue weighted by Gasteiger charge is -2.48. The van der Waals surface area contributed by atoms with Gasteiger partial charge in [-0.05, 0) is 74.0 Å². The van der Waals surface area contributed by atoms with E-state index in [0.717, 1.165) is 32.1 Å². The molecule has 0 saturated heterocycles. The maximum Gasteiger partial charge on any atom is 0.305 e. The minimum atomic E-state index is -0.0503. The first-order chi connectivity index (χ1) is 11.5. The molecule has 4 atom stereocenters. The first-order valence-corrected chi connectivity index (χ1v) is 9.68. The lowest BCUT2D eigenvalue weighted by molar-refractivity contribution is -0.156. The monoisotopic (exact) mass is 328 g/mol. The van der Waals surface area contributed by atoms with Gasteiger partial charge in [0.25, 0.3) is 0 Å². The summed E-state index contributed by atoms with van der Waals surface area (Å²) < 4.78 is 5.82. The van der Waals surface area contributed by atoms with Crippen LogP contribution in [0, 0.1) is 17.3 Å². The molecular weight excluding hydrogens is 300 g/mol. The molecule has 0 heterocycles. The smallest absolute Gasteiger partial charge is 0.305 e. The Balaban J connectivity index is 1.62. The van der Waals surface area contributed by atoms with Crippen molar-refractivity contribution in [3.63, 3.8) is 0 Å². The van der Waals surface area contributed by atoms with Crippen molar-refractivity contribution < 1.29 is 14.3 Å². The van der Waals surface area contributed by atoms with Crippen molar-refractivity contribution in [2.45, 2.75) is 77.7 Å². The molecule has 2 fully saturated rings. The second-order valence-electron chi connectivity index (χ2n) is 8.31. The molecule has 3 nitrogen and oxygen atoms in total. The molecule has 0 bridgehead atoms.